The minimum atomic E-state index is 0.0648. The molecule has 1 aliphatic rings. The number of ether oxygens (including phenoxy) is 2. The highest BCUT2D eigenvalue weighted by Crippen LogP contribution is 2.39. The minimum Gasteiger partial charge on any atom is -0.494 e. The summed E-state index contributed by atoms with van der Waals surface area (Å²) >= 11 is 0. The Balaban J connectivity index is 1.90. The van der Waals surface area contributed by atoms with Crippen LogP contribution in [0.2, 0.25) is 0 Å². The molecular weight excluding hydrogens is 238 g/mol. The third-order valence-electron chi connectivity index (χ3n) is 3.74. The molecule has 0 aliphatic heterocycles. The summed E-state index contributed by atoms with van der Waals surface area (Å²) in [5, 5.41) is 3.38. The maximum atomic E-state index is 6.22. The fourth-order valence-corrected chi connectivity index (χ4v) is 2.49. The van der Waals surface area contributed by atoms with E-state index in [0.29, 0.717) is 6.61 Å². The third kappa shape index (κ3) is 3.87. The van der Waals surface area contributed by atoms with Crippen LogP contribution in [0.15, 0.2) is 24.3 Å². The van der Waals surface area contributed by atoms with Gasteiger partial charge in [-0.15, -0.1) is 0 Å². The van der Waals surface area contributed by atoms with E-state index in [1.54, 1.807) is 0 Å². The van der Waals surface area contributed by atoms with Crippen molar-refractivity contribution in [3.63, 3.8) is 0 Å². The molecule has 0 spiro atoms. The molecule has 0 atom stereocenters. The van der Waals surface area contributed by atoms with Crippen LogP contribution in [0.4, 0.5) is 0 Å². The summed E-state index contributed by atoms with van der Waals surface area (Å²) in [5.74, 6) is 1.87. The molecule has 0 saturated heterocycles. The summed E-state index contributed by atoms with van der Waals surface area (Å²) in [6.07, 6.45) is 4.72. The Kier molecular flexibility index (Phi) is 5.08. The molecule has 0 aromatic heterocycles. The standard InChI is InChI=1S/C16H25NO2/c1-3-17-13-12-16(10-5-11-16)19-15-8-6-14(7-9-15)18-4-2/h6-9,17H,3-5,10-13H2,1-2H3. The van der Waals surface area contributed by atoms with Crippen molar-refractivity contribution in [2.45, 2.75) is 45.1 Å². The molecule has 0 radical (unpaired) electrons. The van der Waals surface area contributed by atoms with E-state index in [9.17, 15) is 0 Å². The smallest absolute Gasteiger partial charge is 0.120 e. The lowest BCUT2D eigenvalue weighted by molar-refractivity contribution is -0.0141. The first-order valence-corrected chi connectivity index (χ1v) is 7.40. The predicted octanol–water partition coefficient (Wildman–Crippen LogP) is 3.39. The number of hydrogen-bond acceptors (Lipinski definition) is 3. The molecular formula is C16H25NO2. The Labute approximate surface area is 116 Å². The van der Waals surface area contributed by atoms with Crippen LogP contribution >= 0.6 is 0 Å². The van der Waals surface area contributed by atoms with Crippen LogP contribution < -0.4 is 14.8 Å². The monoisotopic (exact) mass is 263 g/mol. The average molecular weight is 263 g/mol. The molecule has 3 heteroatoms. The zero-order chi connectivity index (χ0) is 13.6. The molecule has 1 aromatic rings. The highest BCUT2D eigenvalue weighted by molar-refractivity contribution is 5.32. The number of nitrogens with one attached hydrogen (secondary N) is 1. The highest BCUT2D eigenvalue weighted by atomic mass is 16.5. The molecule has 2 rings (SSSR count). The van der Waals surface area contributed by atoms with Crippen LogP contribution in [0.1, 0.15) is 39.5 Å². The lowest BCUT2D eigenvalue weighted by Crippen LogP contribution is -2.45. The summed E-state index contributed by atoms with van der Waals surface area (Å²) in [4.78, 5) is 0. The molecule has 1 fully saturated rings. The average Bonchev–Trinajstić information content (AvgIpc) is 2.38. The van der Waals surface area contributed by atoms with E-state index >= 15 is 0 Å². The maximum absolute atomic E-state index is 6.22. The van der Waals surface area contributed by atoms with Crippen LogP contribution in [0.3, 0.4) is 0 Å². The van der Waals surface area contributed by atoms with Gasteiger partial charge in [0.2, 0.25) is 0 Å². The predicted molar refractivity (Wildman–Crippen MR) is 78.0 cm³/mol. The van der Waals surface area contributed by atoms with Gasteiger partial charge < -0.3 is 14.8 Å². The Morgan fingerprint density at radius 3 is 2.32 bits per heavy atom. The normalized spacial score (nSPS) is 16.7. The van der Waals surface area contributed by atoms with Crippen molar-refractivity contribution in [1.82, 2.24) is 5.32 Å². The zero-order valence-electron chi connectivity index (χ0n) is 12.1. The van der Waals surface area contributed by atoms with E-state index in [1.807, 2.05) is 31.2 Å². The second-order valence-electron chi connectivity index (χ2n) is 5.15. The first kappa shape index (κ1) is 14.2. The van der Waals surface area contributed by atoms with Crippen molar-refractivity contribution in [3.8, 4) is 11.5 Å². The van der Waals surface area contributed by atoms with E-state index in [0.717, 1.165) is 31.0 Å². The van der Waals surface area contributed by atoms with E-state index in [1.165, 1.54) is 19.3 Å². The Morgan fingerprint density at radius 1 is 1.11 bits per heavy atom. The zero-order valence-corrected chi connectivity index (χ0v) is 12.1. The molecule has 1 saturated carbocycles. The van der Waals surface area contributed by atoms with Crippen LogP contribution in [0.25, 0.3) is 0 Å². The molecule has 3 nitrogen and oxygen atoms in total. The van der Waals surface area contributed by atoms with E-state index in [-0.39, 0.29) is 5.60 Å². The van der Waals surface area contributed by atoms with E-state index in [4.69, 9.17) is 9.47 Å². The van der Waals surface area contributed by atoms with Gasteiger partial charge in [0.25, 0.3) is 0 Å². The summed E-state index contributed by atoms with van der Waals surface area (Å²) in [6, 6.07) is 7.99. The van der Waals surface area contributed by atoms with Gasteiger partial charge >= 0.3 is 0 Å². The fourth-order valence-electron chi connectivity index (χ4n) is 2.49. The Bertz CT molecular complexity index is 371. The van der Waals surface area contributed by atoms with Crippen molar-refractivity contribution in [1.29, 1.82) is 0 Å². The number of benzene rings is 1. The molecule has 0 amide bonds. The quantitative estimate of drug-likeness (QED) is 0.729. The highest BCUT2D eigenvalue weighted by Gasteiger charge is 2.38. The van der Waals surface area contributed by atoms with Gasteiger partial charge in [0.1, 0.15) is 17.1 Å². The maximum Gasteiger partial charge on any atom is 0.120 e. The van der Waals surface area contributed by atoms with E-state index < -0.39 is 0 Å². The minimum absolute atomic E-state index is 0.0648. The van der Waals surface area contributed by atoms with Gasteiger partial charge in [-0.1, -0.05) is 6.92 Å². The van der Waals surface area contributed by atoms with Crippen LogP contribution in [0.5, 0.6) is 11.5 Å². The van der Waals surface area contributed by atoms with Crippen LogP contribution in [-0.4, -0.2) is 25.3 Å². The first-order valence-electron chi connectivity index (χ1n) is 7.40. The summed E-state index contributed by atoms with van der Waals surface area (Å²) in [6.45, 7) is 6.90. The SMILES string of the molecule is CCNCCC1(Oc2ccc(OCC)cc2)CCC1. The van der Waals surface area contributed by atoms with Crippen molar-refractivity contribution in [2.75, 3.05) is 19.7 Å². The van der Waals surface area contributed by atoms with Gasteiger partial charge in [0.15, 0.2) is 0 Å². The molecule has 1 aromatic carbocycles. The molecule has 106 valence electrons. The van der Waals surface area contributed by atoms with Gasteiger partial charge in [-0.25, -0.2) is 0 Å². The second-order valence-corrected chi connectivity index (χ2v) is 5.15. The number of rotatable bonds is 8. The van der Waals surface area contributed by atoms with Crippen molar-refractivity contribution in [3.05, 3.63) is 24.3 Å². The second kappa shape index (κ2) is 6.80. The van der Waals surface area contributed by atoms with Gasteiger partial charge in [-0.05, 0) is 70.0 Å². The molecule has 1 aliphatic carbocycles. The number of hydrogen-bond donors (Lipinski definition) is 1. The fraction of sp³-hybridized carbons (Fsp3) is 0.625. The molecule has 1 N–H and O–H groups in total. The van der Waals surface area contributed by atoms with Gasteiger partial charge in [-0.3, -0.25) is 0 Å². The lowest BCUT2D eigenvalue weighted by atomic mass is 9.77. The van der Waals surface area contributed by atoms with Gasteiger partial charge in [0.05, 0.1) is 6.61 Å². The van der Waals surface area contributed by atoms with Gasteiger partial charge in [0, 0.05) is 0 Å². The van der Waals surface area contributed by atoms with Crippen LogP contribution in [0, 0.1) is 0 Å². The summed E-state index contributed by atoms with van der Waals surface area (Å²) < 4.78 is 11.7. The Hall–Kier alpha value is -1.22. The van der Waals surface area contributed by atoms with E-state index in [2.05, 4.69) is 12.2 Å². The lowest BCUT2D eigenvalue weighted by Gasteiger charge is -2.42. The third-order valence-corrected chi connectivity index (χ3v) is 3.74. The molecule has 19 heavy (non-hydrogen) atoms. The van der Waals surface area contributed by atoms with Crippen molar-refractivity contribution >= 4 is 0 Å². The molecule has 0 bridgehead atoms. The van der Waals surface area contributed by atoms with Crippen molar-refractivity contribution in [2.24, 2.45) is 0 Å². The topological polar surface area (TPSA) is 30.5 Å². The summed E-state index contributed by atoms with van der Waals surface area (Å²) in [7, 11) is 0. The summed E-state index contributed by atoms with van der Waals surface area (Å²) in [5.41, 5.74) is 0.0648. The van der Waals surface area contributed by atoms with Crippen LogP contribution in [-0.2, 0) is 0 Å². The molecule has 0 heterocycles. The molecule has 0 unspecified atom stereocenters. The first-order chi connectivity index (χ1) is 9.28. The van der Waals surface area contributed by atoms with Crippen molar-refractivity contribution < 1.29 is 9.47 Å². The largest absolute Gasteiger partial charge is 0.494 e. The van der Waals surface area contributed by atoms with Gasteiger partial charge in [-0.2, -0.15) is 0 Å². The Morgan fingerprint density at radius 2 is 1.79 bits per heavy atom.